The molecule has 0 aliphatic heterocycles. The Bertz CT molecular complexity index is 565. The molecular weight excluding hydrogens is 253 g/mol. The van der Waals surface area contributed by atoms with Gasteiger partial charge in [-0.2, -0.15) is 0 Å². The summed E-state index contributed by atoms with van der Waals surface area (Å²) in [7, 11) is 0. The fraction of sp³-hybridized carbons (Fsp3) is 0.235. The highest BCUT2D eigenvalue weighted by Gasteiger charge is 2.17. The average molecular weight is 271 g/mol. The Labute approximate surface area is 118 Å². The molecule has 3 heteroatoms. The first-order valence-corrected chi connectivity index (χ1v) is 6.68. The monoisotopic (exact) mass is 271 g/mol. The van der Waals surface area contributed by atoms with Gasteiger partial charge in [0, 0.05) is 11.6 Å². The van der Waals surface area contributed by atoms with Crippen LogP contribution in [-0.4, -0.2) is 11.8 Å². The van der Waals surface area contributed by atoms with Crippen molar-refractivity contribution in [2.45, 2.75) is 25.9 Å². The van der Waals surface area contributed by atoms with Gasteiger partial charge in [-0.05, 0) is 43.7 Å². The molecule has 2 aromatic carbocycles. The maximum atomic E-state index is 12.9. The predicted octanol–water partition coefficient (Wildman–Crippen LogP) is 3.75. The maximum absolute atomic E-state index is 12.9. The first-order valence-electron chi connectivity index (χ1n) is 6.68. The Balaban J connectivity index is 2.02. The van der Waals surface area contributed by atoms with Gasteiger partial charge in [-0.1, -0.05) is 30.3 Å². The number of halogens is 1. The van der Waals surface area contributed by atoms with Crippen molar-refractivity contribution in [3.63, 3.8) is 0 Å². The Hall–Kier alpha value is -2.00. The van der Waals surface area contributed by atoms with E-state index in [9.17, 15) is 9.18 Å². The topological polar surface area (TPSA) is 29.1 Å². The van der Waals surface area contributed by atoms with E-state index in [0.29, 0.717) is 5.56 Å². The van der Waals surface area contributed by atoms with Crippen LogP contribution in [0.5, 0.6) is 0 Å². The molecule has 2 unspecified atom stereocenters. The fourth-order valence-corrected chi connectivity index (χ4v) is 2.15. The van der Waals surface area contributed by atoms with Crippen LogP contribution < -0.4 is 5.32 Å². The zero-order valence-corrected chi connectivity index (χ0v) is 11.6. The van der Waals surface area contributed by atoms with Crippen LogP contribution in [0.2, 0.25) is 0 Å². The summed E-state index contributed by atoms with van der Waals surface area (Å²) < 4.78 is 12.9. The van der Waals surface area contributed by atoms with Gasteiger partial charge in [-0.15, -0.1) is 0 Å². The molecule has 1 N–H and O–H groups in total. The number of carbonyl (C=O) groups excluding carboxylic acids is 1. The third kappa shape index (κ3) is 3.52. The van der Waals surface area contributed by atoms with Crippen molar-refractivity contribution >= 4 is 5.78 Å². The van der Waals surface area contributed by atoms with E-state index in [1.54, 1.807) is 0 Å². The van der Waals surface area contributed by atoms with Crippen molar-refractivity contribution in [3.05, 3.63) is 71.5 Å². The van der Waals surface area contributed by atoms with Gasteiger partial charge in [0.05, 0.1) is 6.04 Å². The van der Waals surface area contributed by atoms with Crippen molar-refractivity contribution in [2.75, 3.05) is 0 Å². The summed E-state index contributed by atoms with van der Waals surface area (Å²) in [5, 5.41) is 3.27. The minimum absolute atomic E-state index is 0.0345. The summed E-state index contributed by atoms with van der Waals surface area (Å²) in [6.45, 7) is 3.84. The predicted molar refractivity (Wildman–Crippen MR) is 78.2 cm³/mol. The first-order chi connectivity index (χ1) is 9.58. The second-order valence-electron chi connectivity index (χ2n) is 4.89. The summed E-state index contributed by atoms with van der Waals surface area (Å²) >= 11 is 0. The molecule has 2 aromatic rings. The molecule has 2 rings (SSSR count). The molecule has 0 fully saturated rings. The highest BCUT2D eigenvalue weighted by molar-refractivity contribution is 5.99. The van der Waals surface area contributed by atoms with E-state index < -0.39 is 0 Å². The van der Waals surface area contributed by atoms with E-state index in [2.05, 4.69) is 5.32 Å². The van der Waals surface area contributed by atoms with Gasteiger partial charge < -0.3 is 5.32 Å². The number of ketones is 1. The molecule has 0 aliphatic carbocycles. The van der Waals surface area contributed by atoms with Crippen LogP contribution in [0.15, 0.2) is 54.6 Å². The smallest absolute Gasteiger partial charge is 0.179 e. The molecule has 0 saturated heterocycles. The fourth-order valence-electron chi connectivity index (χ4n) is 2.15. The largest absolute Gasteiger partial charge is 0.301 e. The van der Waals surface area contributed by atoms with Gasteiger partial charge in [0.15, 0.2) is 5.78 Å². The number of rotatable bonds is 5. The number of benzene rings is 2. The standard InChI is InChI=1S/C17H18FNO/c1-12(14-6-4-3-5-7-14)19-13(2)17(20)15-8-10-16(18)11-9-15/h3-13,19H,1-2H3. The Kier molecular flexibility index (Phi) is 4.64. The summed E-state index contributed by atoms with van der Waals surface area (Å²) in [5.41, 5.74) is 1.65. The van der Waals surface area contributed by atoms with E-state index in [0.717, 1.165) is 5.56 Å². The molecule has 0 amide bonds. The Morgan fingerprint density at radius 2 is 1.60 bits per heavy atom. The van der Waals surface area contributed by atoms with Crippen LogP contribution in [0.1, 0.15) is 35.8 Å². The lowest BCUT2D eigenvalue weighted by Crippen LogP contribution is -2.35. The number of carbonyl (C=O) groups is 1. The Morgan fingerprint density at radius 1 is 1.00 bits per heavy atom. The van der Waals surface area contributed by atoms with E-state index >= 15 is 0 Å². The molecule has 0 bridgehead atoms. The zero-order chi connectivity index (χ0) is 14.5. The van der Waals surface area contributed by atoms with Crippen LogP contribution in [0.3, 0.4) is 0 Å². The lowest BCUT2D eigenvalue weighted by atomic mass is 10.0. The SMILES string of the molecule is CC(NC(C)c1ccccc1)C(=O)c1ccc(F)cc1. The van der Waals surface area contributed by atoms with E-state index in [1.807, 2.05) is 44.2 Å². The van der Waals surface area contributed by atoms with Crippen LogP contribution in [0.4, 0.5) is 4.39 Å². The van der Waals surface area contributed by atoms with Crippen LogP contribution >= 0.6 is 0 Å². The second-order valence-corrected chi connectivity index (χ2v) is 4.89. The molecule has 0 spiro atoms. The molecule has 104 valence electrons. The normalized spacial score (nSPS) is 13.8. The molecule has 0 aliphatic rings. The highest BCUT2D eigenvalue weighted by atomic mass is 19.1. The van der Waals surface area contributed by atoms with E-state index in [1.165, 1.54) is 24.3 Å². The van der Waals surface area contributed by atoms with E-state index in [-0.39, 0.29) is 23.7 Å². The Morgan fingerprint density at radius 3 is 2.20 bits per heavy atom. The molecule has 2 atom stereocenters. The summed E-state index contributed by atoms with van der Waals surface area (Å²) in [6.07, 6.45) is 0. The number of hydrogen-bond acceptors (Lipinski definition) is 2. The van der Waals surface area contributed by atoms with Crippen molar-refractivity contribution in [1.82, 2.24) is 5.32 Å². The van der Waals surface area contributed by atoms with Crippen molar-refractivity contribution in [1.29, 1.82) is 0 Å². The molecule has 0 saturated carbocycles. The van der Waals surface area contributed by atoms with Crippen LogP contribution in [0, 0.1) is 5.82 Å². The van der Waals surface area contributed by atoms with Gasteiger partial charge in [0.2, 0.25) is 0 Å². The van der Waals surface area contributed by atoms with Crippen LogP contribution in [-0.2, 0) is 0 Å². The van der Waals surface area contributed by atoms with Crippen molar-refractivity contribution in [3.8, 4) is 0 Å². The van der Waals surface area contributed by atoms with Crippen LogP contribution in [0.25, 0.3) is 0 Å². The number of Topliss-reactive ketones (excluding diaryl/α,β-unsaturated/α-hetero) is 1. The van der Waals surface area contributed by atoms with Crippen molar-refractivity contribution in [2.24, 2.45) is 0 Å². The first kappa shape index (κ1) is 14.4. The molecule has 0 aromatic heterocycles. The molecule has 0 radical (unpaired) electrons. The molecule has 20 heavy (non-hydrogen) atoms. The lowest BCUT2D eigenvalue weighted by Gasteiger charge is -2.19. The second kappa shape index (κ2) is 6.44. The quantitative estimate of drug-likeness (QED) is 0.839. The molecule has 2 nitrogen and oxygen atoms in total. The lowest BCUT2D eigenvalue weighted by molar-refractivity contribution is 0.0945. The van der Waals surface area contributed by atoms with E-state index in [4.69, 9.17) is 0 Å². The molecule has 0 heterocycles. The third-order valence-corrected chi connectivity index (χ3v) is 3.32. The van der Waals surface area contributed by atoms with Crippen molar-refractivity contribution < 1.29 is 9.18 Å². The highest BCUT2D eigenvalue weighted by Crippen LogP contribution is 2.14. The van der Waals surface area contributed by atoms with Gasteiger partial charge in [-0.3, -0.25) is 4.79 Å². The minimum Gasteiger partial charge on any atom is -0.301 e. The average Bonchev–Trinajstić information content (AvgIpc) is 2.48. The maximum Gasteiger partial charge on any atom is 0.179 e. The number of hydrogen-bond donors (Lipinski definition) is 1. The molecular formula is C17H18FNO. The summed E-state index contributed by atoms with van der Waals surface area (Å²) in [6, 6.07) is 15.3. The number of nitrogens with one attached hydrogen (secondary N) is 1. The van der Waals surface area contributed by atoms with Gasteiger partial charge in [0.1, 0.15) is 5.82 Å². The minimum atomic E-state index is -0.334. The van der Waals surface area contributed by atoms with Gasteiger partial charge >= 0.3 is 0 Å². The third-order valence-electron chi connectivity index (χ3n) is 3.32. The van der Waals surface area contributed by atoms with Gasteiger partial charge in [0.25, 0.3) is 0 Å². The summed E-state index contributed by atoms with van der Waals surface area (Å²) in [4.78, 5) is 12.2. The summed E-state index contributed by atoms with van der Waals surface area (Å²) in [5.74, 6) is -0.368. The van der Waals surface area contributed by atoms with Gasteiger partial charge in [-0.25, -0.2) is 4.39 Å². The zero-order valence-electron chi connectivity index (χ0n) is 11.6.